The molecule has 1 N–H and O–H groups in total. The van der Waals surface area contributed by atoms with E-state index >= 15 is 0 Å². The highest BCUT2D eigenvalue weighted by Gasteiger charge is 2.21. The van der Waals surface area contributed by atoms with Gasteiger partial charge in [0.1, 0.15) is 0 Å². The Morgan fingerprint density at radius 1 is 0.795 bits per heavy atom. The first kappa shape index (κ1) is 30.0. The van der Waals surface area contributed by atoms with Crippen molar-refractivity contribution in [3.8, 4) is 6.07 Å². The fraction of sp³-hybridized carbons (Fsp3) is 0.429. The zero-order valence-electron chi connectivity index (χ0n) is 24.5. The van der Waals surface area contributed by atoms with Crippen molar-refractivity contribution < 1.29 is 4.79 Å². The largest absolute Gasteiger partial charge is 0.326 e. The number of unbranched alkanes of at least 4 members (excludes halogenated alkanes) is 5. The summed E-state index contributed by atoms with van der Waals surface area (Å²) >= 11 is 0. The molecule has 0 saturated heterocycles. The van der Waals surface area contributed by atoms with Crippen molar-refractivity contribution in [1.29, 1.82) is 5.26 Å². The van der Waals surface area contributed by atoms with Crippen molar-refractivity contribution in [2.24, 2.45) is 0 Å². The van der Waals surface area contributed by atoms with Gasteiger partial charge >= 0.3 is 6.03 Å². The van der Waals surface area contributed by atoms with Gasteiger partial charge in [-0.25, -0.2) is 4.79 Å². The molecule has 4 nitrogen and oxygen atoms in total. The first-order valence-electron chi connectivity index (χ1n) is 14.6. The zero-order valence-corrected chi connectivity index (χ0v) is 24.5. The maximum Gasteiger partial charge on any atom is 0.326 e. The molecule has 0 aliphatic rings. The molecule has 3 aromatic carbocycles. The summed E-state index contributed by atoms with van der Waals surface area (Å²) in [5.41, 5.74) is 6.95. The second-order valence-corrected chi connectivity index (χ2v) is 11.1. The number of carbonyl (C=O) groups is 1. The van der Waals surface area contributed by atoms with Gasteiger partial charge in [0.05, 0.1) is 18.2 Å². The van der Waals surface area contributed by atoms with E-state index in [1.807, 2.05) is 12.1 Å². The summed E-state index contributed by atoms with van der Waals surface area (Å²) in [5.74, 6) is 0.569. The van der Waals surface area contributed by atoms with Crippen molar-refractivity contribution in [2.45, 2.75) is 97.9 Å². The van der Waals surface area contributed by atoms with Gasteiger partial charge in [-0.2, -0.15) is 5.26 Å². The normalized spacial score (nSPS) is 11.0. The standard InChI is InChI=1S/C35H45N3O/c1-6-7-8-9-10-11-13-28-20-22-31(23-21-28)38(25-30-18-16-29(24-36)17-19-30)35(39)37-34-32(26(2)3)14-12-15-33(34)27(4)5/h12,14-23,26-27H,6-11,13,25H2,1-5H3,(H,37,39). The fourth-order valence-electron chi connectivity index (χ4n) is 4.97. The number of nitriles is 1. The molecular formula is C35H45N3O. The number of urea groups is 1. The number of rotatable bonds is 13. The molecule has 4 heteroatoms. The molecule has 0 fully saturated rings. The van der Waals surface area contributed by atoms with E-state index in [1.54, 1.807) is 17.0 Å². The predicted octanol–water partition coefficient (Wildman–Crippen LogP) is 9.95. The summed E-state index contributed by atoms with van der Waals surface area (Å²) in [6.07, 6.45) is 8.76. The molecule has 3 rings (SSSR count). The molecule has 0 aliphatic heterocycles. The Morgan fingerprint density at radius 3 is 1.92 bits per heavy atom. The summed E-state index contributed by atoms with van der Waals surface area (Å²) in [6.45, 7) is 11.3. The van der Waals surface area contributed by atoms with Crippen LogP contribution >= 0.6 is 0 Å². The van der Waals surface area contributed by atoms with E-state index in [2.05, 4.69) is 88.5 Å². The molecule has 0 heterocycles. The monoisotopic (exact) mass is 523 g/mol. The number of amides is 2. The molecule has 206 valence electrons. The molecule has 0 unspecified atom stereocenters. The van der Waals surface area contributed by atoms with Crippen LogP contribution in [0.25, 0.3) is 0 Å². The van der Waals surface area contributed by atoms with Crippen LogP contribution in [0, 0.1) is 11.3 Å². The van der Waals surface area contributed by atoms with Gasteiger partial charge in [0.25, 0.3) is 0 Å². The van der Waals surface area contributed by atoms with E-state index in [0.29, 0.717) is 12.1 Å². The second kappa shape index (κ2) is 15.1. The van der Waals surface area contributed by atoms with Gasteiger partial charge in [-0.3, -0.25) is 4.90 Å². The van der Waals surface area contributed by atoms with Gasteiger partial charge in [0, 0.05) is 11.4 Å². The van der Waals surface area contributed by atoms with Crippen LogP contribution in [0.4, 0.5) is 16.2 Å². The van der Waals surface area contributed by atoms with Crippen LogP contribution < -0.4 is 10.2 Å². The lowest BCUT2D eigenvalue weighted by Gasteiger charge is -2.27. The third-order valence-corrected chi connectivity index (χ3v) is 7.34. The molecule has 0 radical (unpaired) electrons. The van der Waals surface area contributed by atoms with E-state index in [4.69, 9.17) is 0 Å². The van der Waals surface area contributed by atoms with Crippen molar-refractivity contribution in [3.63, 3.8) is 0 Å². The molecule has 0 aliphatic carbocycles. The Balaban J connectivity index is 1.85. The predicted molar refractivity (Wildman–Crippen MR) is 165 cm³/mol. The van der Waals surface area contributed by atoms with Crippen LogP contribution in [0.2, 0.25) is 0 Å². The highest BCUT2D eigenvalue weighted by atomic mass is 16.2. The maximum atomic E-state index is 13.9. The zero-order chi connectivity index (χ0) is 28.2. The van der Waals surface area contributed by atoms with Crippen LogP contribution in [0.5, 0.6) is 0 Å². The van der Waals surface area contributed by atoms with Crippen LogP contribution in [-0.4, -0.2) is 6.03 Å². The number of para-hydroxylation sites is 1. The lowest BCUT2D eigenvalue weighted by Crippen LogP contribution is -2.35. The Kier molecular flexibility index (Phi) is 11.6. The highest BCUT2D eigenvalue weighted by molar-refractivity contribution is 6.02. The molecule has 2 amide bonds. The Morgan fingerprint density at radius 2 is 1.36 bits per heavy atom. The van der Waals surface area contributed by atoms with Crippen LogP contribution in [0.15, 0.2) is 66.7 Å². The minimum atomic E-state index is -0.155. The third kappa shape index (κ3) is 8.72. The molecule has 0 spiro atoms. The van der Waals surface area contributed by atoms with Crippen LogP contribution in [-0.2, 0) is 13.0 Å². The first-order chi connectivity index (χ1) is 18.8. The summed E-state index contributed by atoms with van der Waals surface area (Å²) in [5, 5.41) is 12.5. The smallest absolute Gasteiger partial charge is 0.307 e. The SMILES string of the molecule is CCCCCCCCc1ccc(N(Cc2ccc(C#N)cc2)C(=O)Nc2c(C(C)C)cccc2C(C)C)cc1. The van der Waals surface area contributed by atoms with Crippen LogP contribution in [0.3, 0.4) is 0 Å². The molecule has 3 aromatic rings. The number of nitrogens with one attached hydrogen (secondary N) is 1. The number of benzene rings is 3. The Hall–Kier alpha value is -3.58. The number of hydrogen-bond donors (Lipinski definition) is 1. The first-order valence-corrected chi connectivity index (χ1v) is 14.6. The van der Waals surface area contributed by atoms with E-state index in [-0.39, 0.29) is 17.9 Å². The molecule has 0 saturated carbocycles. The van der Waals surface area contributed by atoms with Gasteiger partial charge in [0.15, 0.2) is 0 Å². The molecule has 39 heavy (non-hydrogen) atoms. The van der Waals surface area contributed by atoms with Crippen molar-refractivity contribution in [1.82, 2.24) is 0 Å². The Bertz CT molecular complexity index is 1190. The average molecular weight is 524 g/mol. The van der Waals surface area contributed by atoms with Gasteiger partial charge in [0.2, 0.25) is 0 Å². The number of hydrogen-bond acceptors (Lipinski definition) is 2. The van der Waals surface area contributed by atoms with E-state index in [9.17, 15) is 10.1 Å². The lowest BCUT2D eigenvalue weighted by molar-refractivity contribution is 0.256. The average Bonchev–Trinajstić information content (AvgIpc) is 2.94. The summed E-state index contributed by atoms with van der Waals surface area (Å²) in [6, 6.07) is 24.2. The van der Waals surface area contributed by atoms with E-state index < -0.39 is 0 Å². The number of nitrogens with zero attached hydrogens (tertiary/aromatic N) is 2. The Labute approximate surface area is 236 Å². The summed E-state index contributed by atoms with van der Waals surface area (Å²) < 4.78 is 0. The molecule has 0 atom stereocenters. The molecule has 0 aromatic heterocycles. The summed E-state index contributed by atoms with van der Waals surface area (Å²) in [7, 11) is 0. The van der Waals surface area contributed by atoms with Gasteiger partial charge < -0.3 is 5.32 Å². The number of anilines is 2. The lowest BCUT2D eigenvalue weighted by atomic mass is 9.93. The fourth-order valence-corrected chi connectivity index (χ4v) is 4.97. The summed E-state index contributed by atoms with van der Waals surface area (Å²) in [4.78, 5) is 15.7. The second-order valence-electron chi connectivity index (χ2n) is 11.1. The van der Waals surface area contributed by atoms with Crippen molar-refractivity contribution in [3.05, 3.63) is 94.5 Å². The van der Waals surface area contributed by atoms with Gasteiger partial charge in [-0.05, 0) is 71.2 Å². The third-order valence-electron chi connectivity index (χ3n) is 7.34. The van der Waals surface area contributed by atoms with Gasteiger partial charge in [-0.15, -0.1) is 0 Å². The van der Waals surface area contributed by atoms with Crippen molar-refractivity contribution >= 4 is 17.4 Å². The number of carbonyl (C=O) groups excluding carboxylic acids is 1. The van der Waals surface area contributed by atoms with Crippen molar-refractivity contribution in [2.75, 3.05) is 10.2 Å². The quantitative estimate of drug-likeness (QED) is 0.227. The maximum absolute atomic E-state index is 13.9. The minimum Gasteiger partial charge on any atom is -0.307 e. The topological polar surface area (TPSA) is 56.1 Å². The molecule has 0 bridgehead atoms. The van der Waals surface area contributed by atoms with E-state index in [0.717, 1.165) is 34.5 Å². The molecular weight excluding hydrogens is 478 g/mol. The van der Waals surface area contributed by atoms with E-state index in [1.165, 1.54) is 44.1 Å². The highest BCUT2D eigenvalue weighted by Crippen LogP contribution is 2.33. The minimum absolute atomic E-state index is 0.155. The van der Waals surface area contributed by atoms with Gasteiger partial charge in [-0.1, -0.05) is 109 Å². The van der Waals surface area contributed by atoms with Crippen LogP contribution in [0.1, 0.15) is 113 Å². The number of aryl methyl sites for hydroxylation is 1.